The molecule has 0 spiro atoms. The van der Waals surface area contributed by atoms with Crippen LogP contribution in [0, 0.1) is 0 Å². The highest BCUT2D eigenvalue weighted by Crippen LogP contribution is 2.26. The van der Waals surface area contributed by atoms with E-state index in [9.17, 15) is 0 Å². The third-order valence-electron chi connectivity index (χ3n) is 3.50. The maximum absolute atomic E-state index is 6.08. The first-order chi connectivity index (χ1) is 10.4. The van der Waals surface area contributed by atoms with E-state index in [0.29, 0.717) is 5.88 Å². The number of benzene rings is 1. The average Bonchev–Trinajstić information content (AvgIpc) is 2.92. The molecule has 0 saturated heterocycles. The normalized spacial score (nSPS) is 11.3. The van der Waals surface area contributed by atoms with Gasteiger partial charge < -0.3 is 0 Å². The molecule has 21 heavy (non-hydrogen) atoms. The van der Waals surface area contributed by atoms with E-state index in [1.54, 1.807) is 18.6 Å². The van der Waals surface area contributed by atoms with Gasteiger partial charge in [-0.1, -0.05) is 18.2 Å². The molecule has 0 aliphatic carbocycles. The monoisotopic (exact) mass is 294 g/mol. The maximum atomic E-state index is 6.08. The summed E-state index contributed by atoms with van der Waals surface area (Å²) in [6.07, 6.45) is 5.31. The van der Waals surface area contributed by atoms with Crippen LogP contribution in [0.5, 0.6) is 0 Å². The Balaban J connectivity index is 2.13. The molecule has 0 fully saturated rings. The fraction of sp³-hybridized carbons (Fsp3) is 0.0625. The van der Waals surface area contributed by atoms with Crippen molar-refractivity contribution in [2.45, 2.75) is 5.88 Å². The summed E-state index contributed by atoms with van der Waals surface area (Å²) in [5.41, 5.74) is 3.74. The smallest absolute Gasteiger partial charge is 0.129 e. The van der Waals surface area contributed by atoms with Gasteiger partial charge in [0.25, 0.3) is 0 Å². The second kappa shape index (κ2) is 4.82. The van der Waals surface area contributed by atoms with Gasteiger partial charge in [-0.05, 0) is 18.2 Å². The van der Waals surface area contributed by atoms with Gasteiger partial charge in [0.05, 0.1) is 28.8 Å². The summed E-state index contributed by atoms with van der Waals surface area (Å²) in [4.78, 5) is 13.2. The van der Waals surface area contributed by atoms with Gasteiger partial charge in [0.2, 0.25) is 0 Å². The molecule has 3 aromatic heterocycles. The fourth-order valence-electron chi connectivity index (χ4n) is 2.61. The summed E-state index contributed by atoms with van der Waals surface area (Å²) in [6, 6.07) is 12.0. The molecule has 0 radical (unpaired) electrons. The molecule has 4 aromatic rings. The predicted molar refractivity (Wildman–Crippen MR) is 83.7 cm³/mol. The number of fused-ring (bicyclic) bond motifs is 2. The Bertz CT molecular complexity index is 940. The fourth-order valence-corrected chi connectivity index (χ4v) is 2.79. The molecule has 0 aliphatic rings. The lowest BCUT2D eigenvalue weighted by Gasteiger charge is -2.10. The maximum Gasteiger partial charge on any atom is 0.129 e. The van der Waals surface area contributed by atoms with Crippen LogP contribution < -0.4 is 0 Å². The Morgan fingerprint density at radius 2 is 1.95 bits per heavy atom. The van der Waals surface area contributed by atoms with Crippen LogP contribution in [0.25, 0.3) is 27.6 Å². The molecule has 0 N–H and O–H groups in total. The van der Waals surface area contributed by atoms with Gasteiger partial charge in [0.1, 0.15) is 11.3 Å². The zero-order valence-corrected chi connectivity index (χ0v) is 11.8. The second-order valence-corrected chi connectivity index (χ2v) is 4.98. The highest BCUT2D eigenvalue weighted by atomic mass is 35.5. The quantitative estimate of drug-likeness (QED) is 0.529. The number of rotatable bonds is 2. The van der Waals surface area contributed by atoms with Crippen molar-refractivity contribution in [2.24, 2.45) is 0 Å². The highest BCUT2D eigenvalue weighted by Gasteiger charge is 2.14. The lowest BCUT2D eigenvalue weighted by Crippen LogP contribution is -2.01. The van der Waals surface area contributed by atoms with Crippen molar-refractivity contribution in [2.75, 3.05) is 0 Å². The van der Waals surface area contributed by atoms with Gasteiger partial charge in [-0.25, -0.2) is 4.98 Å². The average molecular weight is 295 g/mol. The van der Waals surface area contributed by atoms with E-state index in [0.717, 1.165) is 33.4 Å². The topological polar surface area (TPSA) is 43.6 Å². The van der Waals surface area contributed by atoms with Gasteiger partial charge in [-0.15, -0.1) is 11.6 Å². The largest absolute Gasteiger partial charge is 0.293 e. The van der Waals surface area contributed by atoms with Crippen LogP contribution in [0.15, 0.2) is 55.0 Å². The molecular weight excluding hydrogens is 284 g/mol. The summed E-state index contributed by atoms with van der Waals surface area (Å²) in [5.74, 6) is 1.12. The van der Waals surface area contributed by atoms with Gasteiger partial charge in [-0.3, -0.25) is 14.5 Å². The molecule has 0 saturated carbocycles. The van der Waals surface area contributed by atoms with Crippen molar-refractivity contribution >= 4 is 33.5 Å². The summed E-state index contributed by atoms with van der Waals surface area (Å²) in [7, 11) is 0. The van der Waals surface area contributed by atoms with E-state index in [-0.39, 0.29) is 0 Å². The second-order valence-electron chi connectivity index (χ2n) is 4.71. The number of pyridine rings is 2. The van der Waals surface area contributed by atoms with Crippen LogP contribution in [0.1, 0.15) is 5.82 Å². The minimum atomic E-state index is 0.331. The van der Waals surface area contributed by atoms with Crippen molar-refractivity contribution in [1.29, 1.82) is 0 Å². The van der Waals surface area contributed by atoms with Crippen molar-refractivity contribution in [3.63, 3.8) is 0 Å². The Hall–Kier alpha value is -2.46. The molecule has 1 aromatic carbocycles. The third kappa shape index (κ3) is 1.87. The number of aromatic nitrogens is 4. The number of hydrogen-bond donors (Lipinski definition) is 0. The summed E-state index contributed by atoms with van der Waals surface area (Å²) >= 11 is 6.08. The van der Waals surface area contributed by atoms with Crippen molar-refractivity contribution in [1.82, 2.24) is 19.5 Å². The molecule has 102 valence electrons. The lowest BCUT2D eigenvalue weighted by atomic mass is 10.2. The zero-order valence-electron chi connectivity index (χ0n) is 11.1. The minimum Gasteiger partial charge on any atom is -0.293 e. The molecule has 3 heterocycles. The van der Waals surface area contributed by atoms with Gasteiger partial charge in [0, 0.05) is 17.8 Å². The van der Waals surface area contributed by atoms with E-state index < -0.39 is 0 Å². The van der Waals surface area contributed by atoms with Crippen LogP contribution in [0.2, 0.25) is 0 Å². The molecule has 0 atom stereocenters. The van der Waals surface area contributed by atoms with Crippen LogP contribution >= 0.6 is 11.6 Å². The first-order valence-corrected chi connectivity index (χ1v) is 7.13. The van der Waals surface area contributed by atoms with Crippen LogP contribution in [-0.4, -0.2) is 19.5 Å². The number of halogens is 1. The van der Waals surface area contributed by atoms with Crippen LogP contribution in [0.4, 0.5) is 0 Å². The van der Waals surface area contributed by atoms with E-state index in [2.05, 4.69) is 19.5 Å². The first kappa shape index (κ1) is 12.3. The zero-order chi connectivity index (χ0) is 14.2. The number of nitrogens with zero attached hydrogens (tertiary/aromatic N) is 4. The van der Waals surface area contributed by atoms with Crippen LogP contribution in [0.3, 0.4) is 0 Å². The van der Waals surface area contributed by atoms with E-state index >= 15 is 0 Å². The Labute approximate surface area is 126 Å². The Morgan fingerprint density at radius 1 is 1.05 bits per heavy atom. The number of alkyl halides is 1. The van der Waals surface area contributed by atoms with Crippen molar-refractivity contribution in [3.05, 3.63) is 60.8 Å². The van der Waals surface area contributed by atoms with Crippen molar-refractivity contribution < 1.29 is 0 Å². The summed E-state index contributed by atoms with van der Waals surface area (Å²) in [6.45, 7) is 0. The standard InChI is InChI=1S/C16H11ClN4/c17-9-15-20-12-10-18-8-6-13(12)21(15)14-5-1-3-11-4-2-7-19-16(11)14/h1-8,10H,9H2. The van der Waals surface area contributed by atoms with Gasteiger partial charge in [-0.2, -0.15) is 0 Å². The molecule has 0 unspecified atom stereocenters. The SMILES string of the molecule is ClCc1nc2cnccc2n1-c1cccc2cccnc12. The lowest BCUT2D eigenvalue weighted by molar-refractivity contribution is 0.986. The molecule has 0 amide bonds. The Morgan fingerprint density at radius 3 is 2.86 bits per heavy atom. The van der Waals surface area contributed by atoms with Crippen LogP contribution in [-0.2, 0) is 5.88 Å². The molecule has 4 nitrogen and oxygen atoms in total. The predicted octanol–water partition coefficient (Wildman–Crippen LogP) is 3.71. The van der Waals surface area contributed by atoms with E-state index in [4.69, 9.17) is 11.6 Å². The minimum absolute atomic E-state index is 0.331. The number of para-hydroxylation sites is 1. The first-order valence-electron chi connectivity index (χ1n) is 6.60. The van der Waals surface area contributed by atoms with E-state index in [1.165, 1.54) is 0 Å². The molecule has 5 heteroatoms. The molecule has 0 bridgehead atoms. The Kier molecular flexibility index (Phi) is 2.82. The highest BCUT2D eigenvalue weighted by molar-refractivity contribution is 6.17. The summed E-state index contributed by atoms with van der Waals surface area (Å²) < 4.78 is 2.05. The molecule has 0 aliphatic heterocycles. The molecule has 4 rings (SSSR count). The molecular formula is C16H11ClN4. The van der Waals surface area contributed by atoms with E-state index in [1.807, 2.05) is 36.4 Å². The van der Waals surface area contributed by atoms with Gasteiger partial charge in [0.15, 0.2) is 0 Å². The number of imidazole rings is 1. The third-order valence-corrected chi connectivity index (χ3v) is 3.74. The van der Waals surface area contributed by atoms with Crippen molar-refractivity contribution in [3.8, 4) is 5.69 Å². The van der Waals surface area contributed by atoms with Gasteiger partial charge >= 0.3 is 0 Å². The number of hydrogen-bond acceptors (Lipinski definition) is 3. The summed E-state index contributed by atoms with van der Waals surface area (Å²) in [5, 5.41) is 1.09.